The molecule has 2 amide bonds. The number of aromatic amines is 1. The lowest BCUT2D eigenvalue weighted by molar-refractivity contribution is 0.192. The molecule has 0 unspecified atom stereocenters. The molecule has 31 heavy (non-hydrogen) atoms. The van der Waals surface area contributed by atoms with Crippen molar-refractivity contribution in [1.82, 2.24) is 9.88 Å². The van der Waals surface area contributed by atoms with Crippen molar-refractivity contribution >= 4 is 22.6 Å². The number of benzene rings is 3. The van der Waals surface area contributed by atoms with Gasteiger partial charge in [0, 0.05) is 34.4 Å². The average molecular weight is 413 g/mol. The van der Waals surface area contributed by atoms with E-state index in [-0.39, 0.29) is 11.8 Å². The third-order valence-corrected chi connectivity index (χ3v) is 6.12. The molecular weight excluding hydrogens is 389 g/mol. The molecule has 3 aromatic carbocycles. The molecule has 4 aromatic rings. The Labute approximate surface area is 180 Å². The van der Waals surface area contributed by atoms with Crippen molar-refractivity contribution in [2.45, 2.75) is 26.3 Å². The van der Waals surface area contributed by atoms with Gasteiger partial charge in [-0.05, 0) is 49.6 Å². The van der Waals surface area contributed by atoms with Crippen LogP contribution >= 0.6 is 0 Å². The van der Waals surface area contributed by atoms with E-state index >= 15 is 0 Å². The third kappa shape index (κ3) is 3.36. The van der Waals surface area contributed by atoms with Gasteiger partial charge in [0.2, 0.25) is 0 Å². The minimum absolute atomic E-state index is 0.232. The Balaban J connectivity index is 1.59. The first-order valence-corrected chi connectivity index (χ1v) is 10.5. The number of H-pyrrole nitrogens is 1. The number of nitrogens with one attached hydrogen (secondary N) is 2. The molecule has 0 spiro atoms. The Kier molecular flexibility index (Phi) is 4.74. The predicted octanol–water partition coefficient (Wildman–Crippen LogP) is 6.10. The van der Waals surface area contributed by atoms with Crippen molar-refractivity contribution < 1.29 is 9.18 Å². The molecule has 4 nitrogen and oxygen atoms in total. The number of amides is 2. The summed E-state index contributed by atoms with van der Waals surface area (Å²) in [5, 5.41) is 4.17. The van der Waals surface area contributed by atoms with Gasteiger partial charge in [0.05, 0.1) is 0 Å². The molecule has 0 saturated heterocycles. The Morgan fingerprint density at radius 2 is 1.84 bits per heavy atom. The maximum absolute atomic E-state index is 14.9. The van der Waals surface area contributed by atoms with Crippen LogP contribution in [0, 0.1) is 19.7 Å². The molecule has 0 radical (unpaired) electrons. The van der Waals surface area contributed by atoms with E-state index < -0.39 is 6.04 Å². The Hall–Kier alpha value is -3.60. The van der Waals surface area contributed by atoms with Crippen molar-refractivity contribution in [2.75, 3.05) is 11.9 Å². The van der Waals surface area contributed by atoms with Crippen LogP contribution in [-0.2, 0) is 6.42 Å². The second-order valence-corrected chi connectivity index (χ2v) is 8.18. The summed E-state index contributed by atoms with van der Waals surface area (Å²) in [5.74, 6) is -0.316. The van der Waals surface area contributed by atoms with E-state index in [4.69, 9.17) is 0 Å². The number of nitrogens with zero attached hydrogens (tertiary/aromatic N) is 1. The van der Waals surface area contributed by atoms with Crippen LogP contribution in [0.4, 0.5) is 14.9 Å². The molecule has 1 aliphatic rings. The zero-order valence-corrected chi connectivity index (χ0v) is 17.6. The van der Waals surface area contributed by atoms with Crippen LogP contribution in [0.5, 0.6) is 0 Å². The predicted molar refractivity (Wildman–Crippen MR) is 122 cm³/mol. The van der Waals surface area contributed by atoms with E-state index in [0.29, 0.717) is 18.5 Å². The lowest BCUT2D eigenvalue weighted by Gasteiger charge is -2.36. The number of aryl methyl sites for hydroxylation is 2. The summed E-state index contributed by atoms with van der Waals surface area (Å²) >= 11 is 0. The van der Waals surface area contributed by atoms with Crippen LogP contribution in [0.2, 0.25) is 0 Å². The second-order valence-electron chi connectivity index (χ2n) is 8.18. The molecule has 156 valence electrons. The highest BCUT2D eigenvalue weighted by Crippen LogP contribution is 2.39. The van der Waals surface area contributed by atoms with Crippen LogP contribution in [0.3, 0.4) is 0 Å². The van der Waals surface area contributed by atoms with E-state index in [9.17, 15) is 9.18 Å². The summed E-state index contributed by atoms with van der Waals surface area (Å²) in [7, 11) is 0. The maximum Gasteiger partial charge on any atom is 0.322 e. The summed E-state index contributed by atoms with van der Waals surface area (Å²) < 4.78 is 14.9. The third-order valence-electron chi connectivity index (χ3n) is 6.12. The van der Waals surface area contributed by atoms with E-state index in [2.05, 4.69) is 16.4 Å². The number of anilines is 1. The highest BCUT2D eigenvalue weighted by molar-refractivity contribution is 5.92. The van der Waals surface area contributed by atoms with Crippen LogP contribution in [0.15, 0.2) is 66.7 Å². The Morgan fingerprint density at radius 3 is 2.65 bits per heavy atom. The van der Waals surface area contributed by atoms with Crippen LogP contribution in [0.1, 0.15) is 34.0 Å². The highest BCUT2D eigenvalue weighted by atomic mass is 19.1. The molecule has 2 N–H and O–H groups in total. The van der Waals surface area contributed by atoms with Gasteiger partial charge in [0.1, 0.15) is 11.9 Å². The monoisotopic (exact) mass is 413 g/mol. The molecule has 0 bridgehead atoms. The summed E-state index contributed by atoms with van der Waals surface area (Å²) in [4.78, 5) is 18.6. The number of carbonyl (C=O) groups excluding carboxylic acids is 1. The first-order chi connectivity index (χ1) is 15.0. The van der Waals surface area contributed by atoms with Crippen molar-refractivity contribution in [2.24, 2.45) is 0 Å². The van der Waals surface area contributed by atoms with Gasteiger partial charge in [-0.15, -0.1) is 0 Å². The van der Waals surface area contributed by atoms with Gasteiger partial charge in [0.25, 0.3) is 0 Å². The van der Waals surface area contributed by atoms with Crippen molar-refractivity contribution in [3.05, 3.63) is 100 Å². The van der Waals surface area contributed by atoms with Gasteiger partial charge in [-0.25, -0.2) is 9.18 Å². The number of para-hydroxylation sites is 1. The minimum Gasteiger partial charge on any atom is -0.356 e. The summed E-state index contributed by atoms with van der Waals surface area (Å²) in [6.45, 7) is 4.50. The first-order valence-electron chi connectivity index (χ1n) is 10.5. The number of urea groups is 1. The molecule has 2 heterocycles. The molecule has 1 aliphatic heterocycles. The largest absolute Gasteiger partial charge is 0.356 e. The van der Waals surface area contributed by atoms with Crippen LogP contribution < -0.4 is 5.32 Å². The minimum atomic E-state index is -0.525. The van der Waals surface area contributed by atoms with E-state index in [1.165, 1.54) is 6.07 Å². The van der Waals surface area contributed by atoms with E-state index in [1.807, 2.05) is 56.3 Å². The highest BCUT2D eigenvalue weighted by Gasteiger charge is 2.36. The molecule has 1 atom stereocenters. The number of hydrogen-bond acceptors (Lipinski definition) is 1. The summed E-state index contributed by atoms with van der Waals surface area (Å²) in [5.41, 5.74) is 6.44. The number of aromatic nitrogens is 1. The van der Waals surface area contributed by atoms with Crippen LogP contribution in [0.25, 0.3) is 10.9 Å². The molecule has 0 saturated carbocycles. The van der Waals surface area contributed by atoms with Crippen LogP contribution in [-0.4, -0.2) is 22.5 Å². The summed E-state index contributed by atoms with van der Waals surface area (Å²) in [6.07, 6.45) is 0.713. The number of hydrogen-bond donors (Lipinski definition) is 2. The van der Waals surface area contributed by atoms with Gasteiger partial charge >= 0.3 is 6.03 Å². The van der Waals surface area contributed by atoms with Crippen molar-refractivity contribution in [3.63, 3.8) is 0 Å². The number of halogens is 1. The Bertz CT molecular complexity index is 1290. The lowest BCUT2D eigenvalue weighted by atomic mass is 9.92. The van der Waals surface area contributed by atoms with Gasteiger partial charge in [0.15, 0.2) is 0 Å². The van der Waals surface area contributed by atoms with E-state index in [0.717, 1.165) is 39.0 Å². The van der Waals surface area contributed by atoms with Crippen molar-refractivity contribution in [3.8, 4) is 0 Å². The topological polar surface area (TPSA) is 48.1 Å². The average Bonchev–Trinajstić information content (AvgIpc) is 3.14. The van der Waals surface area contributed by atoms with Gasteiger partial charge in [-0.1, -0.05) is 54.1 Å². The molecule has 5 rings (SSSR count). The number of fused-ring (bicyclic) bond motifs is 3. The quantitative estimate of drug-likeness (QED) is 0.410. The SMILES string of the molecule is Cc1ccc(NC(=O)N2CCc3c([nH]c4ccccc34)[C@H]2c2ccccc2F)c(C)c1. The second kappa shape index (κ2) is 7.58. The molecule has 0 aliphatic carbocycles. The standard InChI is InChI=1S/C26H24FN3O/c1-16-11-12-22(17(2)15-16)29-26(31)30-14-13-19-18-7-4-6-10-23(18)28-24(19)25(30)20-8-3-5-9-21(20)27/h3-12,15,25,28H,13-14H2,1-2H3,(H,29,31)/t25-/m1/s1. The number of carbonyl (C=O) groups is 1. The maximum atomic E-state index is 14.9. The van der Waals surface area contributed by atoms with Gasteiger partial charge < -0.3 is 15.2 Å². The van der Waals surface area contributed by atoms with Gasteiger partial charge in [-0.2, -0.15) is 0 Å². The molecule has 0 fully saturated rings. The zero-order chi connectivity index (χ0) is 21.5. The van der Waals surface area contributed by atoms with Gasteiger partial charge in [-0.3, -0.25) is 0 Å². The first kappa shape index (κ1) is 19.4. The summed E-state index contributed by atoms with van der Waals surface area (Å²) in [6, 6.07) is 20.0. The zero-order valence-electron chi connectivity index (χ0n) is 17.6. The Morgan fingerprint density at radius 1 is 1.06 bits per heavy atom. The lowest BCUT2D eigenvalue weighted by Crippen LogP contribution is -2.43. The van der Waals surface area contributed by atoms with Crippen molar-refractivity contribution in [1.29, 1.82) is 0 Å². The molecular formula is C26H24FN3O. The normalized spacial score (nSPS) is 15.7. The fraction of sp³-hybridized carbons (Fsp3) is 0.192. The number of rotatable bonds is 2. The molecule has 1 aromatic heterocycles. The fourth-order valence-electron chi connectivity index (χ4n) is 4.62. The smallest absolute Gasteiger partial charge is 0.322 e. The van der Waals surface area contributed by atoms with E-state index in [1.54, 1.807) is 17.0 Å². The molecule has 5 heteroatoms. The fourth-order valence-corrected chi connectivity index (χ4v) is 4.62.